The molecule has 3 rings (SSSR count). The van der Waals surface area contributed by atoms with Crippen molar-refractivity contribution >= 4 is 5.91 Å². The molecule has 2 aromatic rings. The third kappa shape index (κ3) is 3.74. The summed E-state index contributed by atoms with van der Waals surface area (Å²) < 4.78 is 5.81. The maximum absolute atomic E-state index is 12.5. The van der Waals surface area contributed by atoms with Crippen molar-refractivity contribution in [2.75, 3.05) is 13.1 Å². The SMILES string of the molecule is Cc1ccc(OC2CCCN(C(=O)c3cc[nH]c(=O)c3)C2)nn1. The minimum absolute atomic E-state index is 0.119. The number of aromatic nitrogens is 3. The molecule has 1 saturated heterocycles. The van der Waals surface area contributed by atoms with Crippen LogP contribution < -0.4 is 10.3 Å². The molecule has 23 heavy (non-hydrogen) atoms. The Kier molecular flexibility index (Phi) is 4.36. The van der Waals surface area contributed by atoms with Gasteiger partial charge in [0.1, 0.15) is 6.10 Å². The average molecular weight is 314 g/mol. The van der Waals surface area contributed by atoms with Crippen molar-refractivity contribution < 1.29 is 9.53 Å². The van der Waals surface area contributed by atoms with Gasteiger partial charge in [0.25, 0.3) is 5.91 Å². The minimum atomic E-state index is -0.282. The summed E-state index contributed by atoms with van der Waals surface area (Å²) >= 11 is 0. The molecule has 1 N–H and O–H groups in total. The summed E-state index contributed by atoms with van der Waals surface area (Å²) in [5.41, 5.74) is 0.937. The number of nitrogens with one attached hydrogen (secondary N) is 1. The zero-order chi connectivity index (χ0) is 16.2. The van der Waals surface area contributed by atoms with Gasteiger partial charge >= 0.3 is 0 Å². The first-order chi connectivity index (χ1) is 11.1. The number of likely N-dealkylation sites (tertiary alicyclic amines) is 1. The highest BCUT2D eigenvalue weighted by Gasteiger charge is 2.26. The van der Waals surface area contributed by atoms with E-state index < -0.39 is 0 Å². The van der Waals surface area contributed by atoms with E-state index in [1.807, 2.05) is 13.0 Å². The molecule has 1 fully saturated rings. The second kappa shape index (κ2) is 6.60. The van der Waals surface area contributed by atoms with E-state index in [1.165, 1.54) is 12.3 Å². The zero-order valence-electron chi connectivity index (χ0n) is 12.9. The highest BCUT2D eigenvalue weighted by Crippen LogP contribution is 2.18. The molecule has 3 heterocycles. The smallest absolute Gasteiger partial charge is 0.254 e. The molecular formula is C16H18N4O3. The molecule has 2 aromatic heterocycles. The number of pyridine rings is 1. The van der Waals surface area contributed by atoms with Crippen LogP contribution in [0.15, 0.2) is 35.3 Å². The Morgan fingerprint density at radius 3 is 2.96 bits per heavy atom. The van der Waals surface area contributed by atoms with E-state index in [2.05, 4.69) is 15.2 Å². The summed E-state index contributed by atoms with van der Waals surface area (Å²) in [4.78, 5) is 28.1. The Labute approximate surface area is 133 Å². The lowest BCUT2D eigenvalue weighted by Crippen LogP contribution is -2.44. The highest BCUT2D eigenvalue weighted by molar-refractivity contribution is 5.94. The Balaban J connectivity index is 1.67. The van der Waals surface area contributed by atoms with Gasteiger partial charge in [-0.1, -0.05) is 0 Å². The van der Waals surface area contributed by atoms with Gasteiger partial charge in [0.2, 0.25) is 11.4 Å². The first kappa shape index (κ1) is 15.2. The van der Waals surface area contributed by atoms with Crippen molar-refractivity contribution in [3.05, 3.63) is 52.1 Å². The molecule has 0 aromatic carbocycles. The number of hydrogen-bond acceptors (Lipinski definition) is 5. The molecule has 1 amide bonds. The number of ether oxygens (including phenoxy) is 1. The van der Waals surface area contributed by atoms with Crippen LogP contribution in [0.3, 0.4) is 0 Å². The lowest BCUT2D eigenvalue weighted by molar-refractivity contribution is 0.0525. The zero-order valence-corrected chi connectivity index (χ0v) is 12.9. The molecule has 0 spiro atoms. The second-order valence-electron chi connectivity index (χ2n) is 5.59. The first-order valence-corrected chi connectivity index (χ1v) is 7.57. The van der Waals surface area contributed by atoms with Gasteiger partial charge in [-0.3, -0.25) is 9.59 Å². The number of rotatable bonds is 3. The molecule has 0 bridgehead atoms. The van der Waals surface area contributed by atoms with E-state index in [0.29, 0.717) is 24.5 Å². The number of carbonyl (C=O) groups is 1. The summed E-state index contributed by atoms with van der Waals surface area (Å²) in [5.74, 6) is 0.311. The van der Waals surface area contributed by atoms with E-state index in [-0.39, 0.29) is 17.6 Å². The number of aromatic amines is 1. The van der Waals surface area contributed by atoms with Gasteiger partial charge in [-0.15, -0.1) is 5.10 Å². The molecule has 0 radical (unpaired) electrons. The van der Waals surface area contributed by atoms with Crippen LogP contribution >= 0.6 is 0 Å². The normalized spacial score (nSPS) is 17.8. The van der Waals surface area contributed by atoms with E-state index >= 15 is 0 Å². The number of hydrogen-bond donors (Lipinski definition) is 1. The predicted molar refractivity (Wildman–Crippen MR) is 83.4 cm³/mol. The number of H-pyrrole nitrogens is 1. The van der Waals surface area contributed by atoms with Crippen molar-refractivity contribution in [1.29, 1.82) is 0 Å². The molecule has 0 saturated carbocycles. The van der Waals surface area contributed by atoms with E-state index in [1.54, 1.807) is 17.0 Å². The van der Waals surface area contributed by atoms with Crippen LogP contribution in [0.25, 0.3) is 0 Å². The number of amides is 1. The lowest BCUT2D eigenvalue weighted by Gasteiger charge is -2.32. The van der Waals surface area contributed by atoms with Crippen molar-refractivity contribution in [3.63, 3.8) is 0 Å². The molecule has 1 unspecified atom stereocenters. The van der Waals surface area contributed by atoms with Gasteiger partial charge < -0.3 is 14.6 Å². The van der Waals surface area contributed by atoms with E-state index in [4.69, 9.17) is 4.74 Å². The van der Waals surface area contributed by atoms with Crippen LogP contribution in [0.1, 0.15) is 28.9 Å². The maximum atomic E-state index is 12.5. The van der Waals surface area contributed by atoms with E-state index in [0.717, 1.165) is 18.5 Å². The van der Waals surface area contributed by atoms with Gasteiger partial charge in [0.15, 0.2) is 0 Å². The quantitative estimate of drug-likeness (QED) is 0.918. The van der Waals surface area contributed by atoms with Crippen LogP contribution in [-0.2, 0) is 0 Å². The number of piperidine rings is 1. The lowest BCUT2D eigenvalue weighted by atomic mass is 10.1. The second-order valence-corrected chi connectivity index (χ2v) is 5.59. The minimum Gasteiger partial charge on any atom is -0.471 e. The standard InChI is InChI=1S/C16H18N4O3/c1-11-4-5-15(19-18-11)23-13-3-2-8-20(10-13)16(22)12-6-7-17-14(21)9-12/h4-7,9,13H,2-3,8,10H2,1H3,(H,17,21). The fraction of sp³-hybridized carbons (Fsp3) is 0.375. The predicted octanol–water partition coefficient (Wildman–Crippen LogP) is 1.16. The Bertz CT molecular complexity index is 741. The molecule has 1 aliphatic rings. The largest absolute Gasteiger partial charge is 0.471 e. The van der Waals surface area contributed by atoms with E-state index in [9.17, 15) is 9.59 Å². The topological polar surface area (TPSA) is 88.2 Å². The number of aryl methyl sites for hydroxylation is 1. The van der Waals surface area contributed by atoms with Gasteiger partial charge in [-0.2, -0.15) is 5.10 Å². The molecule has 1 aliphatic heterocycles. The van der Waals surface area contributed by atoms with Crippen LogP contribution in [0.4, 0.5) is 0 Å². The molecule has 1 atom stereocenters. The van der Waals surface area contributed by atoms with Gasteiger partial charge in [-0.05, 0) is 31.9 Å². The first-order valence-electron chi connectivity index (χ1n) is 7.57. The third-order valence-corrected chi connectivity index (χ3v) is 3.75. The Morgan fingerprint density at radius 2 is 2.22 bits per heavy atom. The van der Waals surface area contributed by atoms with Crippen LogP contribution in [0.5, 0.6) is 5.88 Å². The molecule has 7 nitrogen and oxygen atoms in total. The van der Waals surface area contributed by atoms with Crippen molar-refractivity contribution in [2.24, 2.45) is 0 Å². The summed E-state index contributed by atoms with van der Waals surface area (Å²) in [6.07, 6.45) is 3.06. The molecule has 120 valence electrons. The summed E-state index contributed by atoms with van der Waals surface area (Å²) in [5, 5.41) is 7.95. The fourth-order valence-corrected chi connectivity index (χ4v) is 2.60. The maximum Gasteiger partial charge on any atom is 0.254 e. The Hall–Kier alpha value is -2.70. The number of nitrogens with zero attached hydrogens (tertiary/aromatic N) is 3. The van der Waals surface area contributed by atoms with Crippen molar-refractivity contribution in [2.45, 2.75) is 25.9 Å². The highest BCUT2D eigenvalue weighted by atomic mass is 16.5. The summed E-state index contributed by atoms with van der Waals surface area (Å²) in [7, 11) is 0. The van der Waals surface area contributed by atoms with Crippen molar-refractivity contribution in [3.8, 4) is 5.88 Å². The van der Waals surface area contributed by atoms with Crippen LogP contribution in [0, 0.1) is 6.92 Å². The molecule has 0 aliphatic carbocycles. The van der Waals surface area contributed by atoms with Gasteiger partial charge in [0.05, 0.1) is 12.2 Å². The third-order valence-electron chi connectivity index (χ3n) is 3.75. The van der Waals surface area contributed by atoms with Crippen molar-refractivity contribution in [1.82, 2.24) is 20.1 Å². The Morgan fingerprint density at radius 1 is 1.35 bits per heavy atom. The average Bonchev–Trinajstić information content (AvgIpc) is 2.56. The molecule has 7 heteroatoms. The number of carbonyl (C=O) groups excluding carboxylic acids is 1. The van der Waals surface area contributed by atoms with Crippen LogP contribution in [0.2, 0.25) is 0 Å². The fourth-order valence-electron chi connectivity index (χ4n) is 2.60. The molecular weight excluding hydrogens is 296 g/mol. The van der Waals surface area contributed by atoms with Gasteiger partial charge in [0, 0.05) is 30.4 Å². The monoisotopic (exact) mass is 314 g/mol. The van der Waals surface area contributed by atoms with Crippen LogP contribution in [-0.4, -0.2) is 45.2 Å². The summed E-state index contributed by atoms with van der Waals surface area (Å²) in [6.45, 7) is 2.99. The summed E-state index contributed by atoms with van der Waals surface area (Å²) in [6, 6.07) is 6.54. The van der Waals surface area contributed by atoms with Gasteiger partial charge in [-0.25, -0.2) is 0 Å².